The van der Waals surface area contributed by atoms with Crippen molar-refractivity contribution in [2.75, 3.05) is 20.8 Å². The lowest BCUT2D eigenvalue weighted by Gasteiger charge is -2.19. The fraction of sp³-hybridized carbons (Fsp3) is 0.533. The van der Waals surface area contributed by atoms with E-state index in [1.165, 1.54) is 14.2 Å². The summed E-state index contributed by atoms with van der Waals surface area (Å²) in [5.41, 5.74) is 0.716. The van der Waals surface area contributed by atoms with E-state index in [1.807, 2.05) is 0 Å². The number of rotatable bonds is 6. The number of amides is 1. The van der Waals surface area contributed by atoms with Crippen molar-refractivity contribution in [2.24, 2.45) is 0 Å². The van der Waals surface area contributed by atoms with Crippen LogP contribution in [-0.2, 0) is 25.5 Å². The van der Waals surface area contributed by atoms with E-state index in [-0.39, 0.29) is 12.3 Å². The maximum absolute atomic E-state index is 12.1. The Hall–Kier alpha value is -2.15. The number of hydrogen-bond acceptors (Lipinski definition) is 6. The summed E-state index contributed by atoms with van der Waals surface area (Å²) in [5.74, 6) is -0.393. The zero-order valence-corrected chi connectivity index (χ0v) is 12.7. The first-order valence-electron chi connectivity index (χ1n) is 7.13. The van der Waals surface area contributed by atoms with Crippen LogP contribution in [-0.4, -0.2) is 49.8 Å². The number of esters is 1. The van der Waals surface area contributed by atoms with Gasteiger partial charge in [0.15, 0.2) is 0 Å². The second kappa shape index (κ2) is 7.74. The third-order valence-electron chi connectivity index (χ3n) is 3.49. The average Bonchev–Trinajstić information content (AvgIpc) is 3.08. The van der Waals surface area contributed by atoms with E-state index in [4.69, 9.17) is 14.2 Å². The summed E-state index contributed by atoms with van der Waals surface area (Å²) < 4.78 is 15.3. The molecule has 7 nitrogen and oxygen atoms in total. The van der Waals surface area contributed by atoms with E-state index < -0.39 is 18.1 Å². The molecule has 0 spiro atoms. The van der Waals surface area contributed by atoms with Crippen molar-refractivity contribution in [2.45, 2.75) is 31.4 Å². The molecule has 1 aliphatic rings. The molecule has 1 aromatic heterocycles. The number of methoxy groups -OCH3 is 2. The van der Waals surface area contributed by atoms with Gasteiger partial charge in [-0.05, 0) is 18.9 Å². The van der Waals surface area contributed by atoms with Gasteiger partial charge in [-0.1, -0.05) is 6.07 Å². The Labute approximate surface area is 129 Å². The van der Waals surface area contributed by atoms with Gasteiger partial charge < -0.3 is 19.5 Å². The Morgan fingerprint density at radius 2 is 2.32 bits per heavy atom. The number of carbonyl (C=O) groups is 2. The highest BCUT2D eigenvalue weighted by Gasteiger charge is 2.29. The number of nitrogens with one attached hydrogen (secondary N) is 1. The first kappa shape index (κ1) is 16.2. The lowest BCUT2D eigenvalue weighted by atomic mass is 10.1. The van der Waals surface area contributed by atoms with Gasteiger partial charge in [0.05, 0.1) is 14.2 Å². The van der Waals surface area contributed by atoms with Crippen LogP contribution in [0, 0.1) is 0 Å². The topological polar surface area (TPSA) is 86.8 Å². The van der Waals surface area contributed by atoms with E-state index >= 15 is 0 Å². The van der Waals surface area contributed by atoms with Crippen LogP contribution in [0.25, 0.3) is 0 Å². The molecule has 1 amide bonds. The molecule has 7 heteroatoms. The molecular formula is C15H20N2O5. The van der Waals surface area contributed by atoms with Gasteiger partial charge in [-0.2, -0.15) is 0 Å². The Morgan fingerprint density at radius 1 is 1.50 bits per heavy atom. The van der Waals surface area contributed by atoms with Crippen LogP contribution in [0.15, 0.2) is 18.3 Å². The Kier molecular flexibility index (Phi) is 5.71. The van der Waals surface area contributed by atoms with Gasteiger partial charge in [-0.15, -0.1) is 0 Å². The number of pyridine rings is 1. The van der Waals surface area contributed by atoms with E-state index in [0.29, 0.717) is 24.5 Å². The predicted molar refractivity (Wildman–Crippen MR) is 77.4 cm³/mol. The van der Waals surface area contributed by atoms with Crippen molar-refractivity contribution >= 4 is 11.9 Å². The van der Waals surface area contributed by atoms with E-state index in [2.05, 4.69) is 10.3 Å². The molecule has 1 N–H and O–H groups in total. The number of ether oxygens (including phenoxy) is 3. The van der Waals surface area contributed by atoms with Gasteiger partial charge in [0, 0.05) is 24.8 Å². The van der Waals surface area contributed by atoms with Crippen molar-refractivity contribution in [1.29, 1.82) is 0 Å². The maximum Gasteiger partial charge on any atom is 0.328 e. The van der Waals surface area contributed by atoms with Gasteiger partial charge in [0.25, 0.3) is 0 Å². The van der Waals surface area contributed by atoms with Crippen molar-refractivity contribution in [1.82, 2.24) is 10.3 Å². The zero-order chi connectivity index (χ0) is 15.9. The van der Waals surface area contributed by atoms with Gasteiger partial charge in [-0.25, -0.2) is 9.78 Å². The fourth-order valence-corrected chi connectivity index (χ4v) is 2.37. The Bertz CT molecular complexity index is 528. The number of aromatic nitrogens is 1. The van der Waals surface area contributed by atoms with Gasteiger partial charge in [0.1, 0.15) is 12.1 Å². The SMILES string of the molecule is COC(=O)[C@H](Cc1cccnc1OC)NC(=O)[C@@H]1CCCO1. The fourth-order valence-electron chi connectivity index (χ4n) is 2.37. The number of nitrogens with zero attached hydrogens (tertiary/aromatic N) is 1. The molecule has 0 aromatic carbocycles. The van der Waals surface area contributed by atoms with E-state index in [9.17, 15) is 9.59 Å². The summed E-state index contributed by atoms with van der Waals surface area (Å²) in [6, 6.07) is 2.73. The normalized spacial score (nSPS) is 18.5. The number of hydrogen-bond donors (Lipinski definition) is 1. The largest absolute Gasteiger partial charge is 0.481 e. The summed E-state index contributed by atoms with van der Waals surface area (Å²) >= 11 is 0. The lowest BCUT2D eigenvalue weighted by Crippen LogP contribution is -2.47. The Morgan fingerprint density at radius 3 is 2.95 bits per heavy atom. The zero-order valence-electron chi connectivity index (χ0n) is 12.7. The molecule has 2 rings (SSSR count). The quantitative estimate of drug-likeness (QED) is 0.769. The second-order valence-electron chi connectivity index (χ2n) is 4.96. The Balaban J connectivity index is 2.08. The summed E-state index contributed by atoms with van der Waals surface area (Å²) in [6.07, 6.45) is 2.85. The summed E-state index contributed by atoms with van der Waals surface area (Å²) in [5, 5.41) is 2.69. The van der Waals surface area contributed by atoms with Crippen LogP contribution >= 0.6 is 0 Å². The average molecular weight is 308 g/mol. The van der Waals surface area contributed by atoms with Gasteiger partial charge in [0.2, 0.25) is 11.8 Å². The molecule has 22 heavy (non-hydrogen) atoms. The molecule has 0 unspecified atom stereocenters. The molecule has 1 saturated heterocycles. The maximum atomic E-state index is 12.1. The van der Waals surface area contributed by atoms with E-state index in [0.717, 1.165) is 6.42 Å². The molecule has 0 aliphatic carbocycles. The summed E-state index contributed by atoms with van der Waals surface area (Å²) in [6.45, 7) is 0.567. The van der Waals surface area contributed by atoms with Crippen LogP contribution in [0.2, 0.25) is 0 Å². The minimum Gasteiger partial charge on any atom is -0.481 e. The predicted octanol–water partition coefficient (Wildman–Crippen LogP) is 0.469. The van der Waals surface area contributed by atoms with Crippen molar-refractivity contribution in [3.05, 3.63) is 23.9 Å². The van der Waals surface area contributed by atoms with Crippen molar-refractivity contribution in [3.63, 3.8) is 0 Å². The molecule has 0 radical (unpaired) electrons. The first-order valence-corrected chi connectivity index (χ1v) is 7.13. The molecule has 0 saturated carbocycles. The molecule has 0 bridgehead atoms. The molecule has 2 atom stereocenters. The van der Waals surface area contributed by atoms with E-state index in [1.54, 1.807) is 18.3 Å². The summed E-state index contributed by atoms with van der Waals surface area (Å²) in [7, 11) is 2.79. The molecular weight excluding hydrogens is 288 g/mol. The molecule has 120 valence electrons. The first-order chi connectivity index (χ1) is 10.7. The van der Waals surface area contributed by atoms with Crippen LogP contribution in [0.3, 0.4) is 0 Å². The monoisotopic (exact) mass is 308 g/mol. The highest BCUT2D eigenvalue weighted by atomic mass is 16.5. The minimum absolute atomic E-state index is 0.238. The molecule has 1 aliphatic heterocycles. The summed E-state index contributed by atoms with van der Waals surface area (Å²) in [4.78, 5) is 28.1. The highest BCUT2D eigenvalue weighted by molar-refractivity contribution is 5.87. The van der Waals surface area contributed by atoms with Crippen LogP contribution in [0.5, 0.6) is 5.88 Å². The highest BCUT2D eigenvalue weighted by Crippen LogP contribution is 2.17. The van der Waals surface area contributed by atoms with Crippen molar-refractivity contribution in [3.8, 4) is 5.88 Å². The van der Waals surface area contributed by atoms with Crippen molar-refractivity contribution < 1.29 is 23.8 Å². The lowest BCUT2D eigenvalue weighted by molar-refractivity contribution is -0.146. The third kappa shape index (κ3) is 3.94. The van der Waals surface area contributed by atoms with Crippen LogP contribution < -0.4 is 10.1 Å². The minimum atomic E-state index is -0.806. The number of carbonyl (C=O) groups excluding carboxylic acids is 2. The molecule has 2 heterocycles. The third-order valence-corrected chi connectivity index (χ3v) is 3.49. The van der Waals surface area contributed by atoms with Gasteiger partial charge in [-0.3, -0.25) is 4.79 Å². The van der Waals surface area contributed by atoms with Gasteiger partial charge >= 0.3 is 5.97 Å². The standard InChI is InChI=1S/C15H20N2O5/c1-20-14-10(5-3-7-16-14)9-11(15(19)21-2)17-13(18)12-6-4-8-22-12/h3,5,7,11-12H,4,6,8-9H2,1-2H3,(H,17,18)/t11-,12-/m0/s1. The molecule has 1 aromatic rings. The van der Waals surface area contributed by atoms with Crippen LogP contribution in [0.1, 0.15) is 18.4 Å². The van der Waals surface area contributed by atoms with Crippen LogP contribution in [0.4, 0.5) is 0 Å². The molecule has 1 fully saturated rings. The smallest absolute Gasteiger partial charge is 0.328 e. The second-order valence-corrected chi connectivity index (χ2v) is 4.96.